The predicted octanol–water partition coefficient (Wildman–Crippen LogP) is 1.27. The summed E-state index contributed by atoms with van der Waals surface area (Å²) in [5.74, 6) is -0.385. The van der Waals surface area contributed by atoms with Crippen LogP contribution in [0.5, 0.6) is 5.75 Å². The van der Waals surface area contributed by atoms with E-state index in [9.17, 15) is 24.5 Å². The zero-order chi connectivity index (χ0) is 28.6. The van der Waals surface area contributed by atoms with Crippen molar-refractivity contribution in [1.82, 2.24) is 25.6 Å². The molecule has 1 aliphatic heterocycles. The molecule has 1 aromatic carbocycles. The van der Waals surface area contributed by atoms with Gasteiger partial charge in [0.2, 0.25) is 0 Å². The third-order valence-electron chi connectivity index (χ3n) is 6.26. The summed E-state index contributed by atoms with van der Waals surface area (Å²) in [5.41, 5.74) is 0.737. The van der Waals surface area contributed by atoms with Crippen molar-refractivity contribution in [1.29, 1.82) is 0 Å². The summed E-state index contributed by atoms with van der Waals surface area (Å²) in [6.07, 6.45) is 0.586. The lowest BCUT2D eigenvalue weighted by atomic mass is 9.98. The van der Waals surface area contributed by atoms with Crippen LogP contribution in [-0.2, 0) is 4.74 Å². The number of pyridine rings is 1. The Kier molecular flexibility index (Phi) is 10.1. The quantitative estimate of drug-likeness (QED) is 0.182. The van der Waals surface area contributed by atoms with Gasteiger partial charge in [0.25, 0.3) is 5.91 Å². The first-order valence-corrected chi connectivity index (χ1v) is 12.9. The maximum Gasteiger partial charge on any atom is 0.255 e. The van der Waals surface area contributed by atoms with Gasteiger partial charge < -0.3 is 40.7 Å². The number of aromatic nitrogens is 3. The molecule has 2 aromatic heterocycles. The monoisotopic (exact) mass is 576 g/mol. The van der Waals surface area contributed by atoms with Crippen LogP contribution in [0.15, 0.2) is 42.9 Å². The molecule has 0 saturated carbocycles. The van der Waals surface area contributed by atoms with Gasteiger partial charge in [0.1, 0.15) is 24.1 Å². The zero-order valence-electron chi connectivity index (χ0n) is 21.6. The van der Waals surface area contributed by atoms with E-state index >= 15 is 0 Å². The van der Waals surface area contributed by atoms with Crippen molar-refractivity contribution in [2.75, 3.05) is 38.7 Å². The first-order chi connectivity index (χ1) is 19.3. The molecular weight excluding hydrogens is 547 g/mol. The molecule has 40 heavy (non-hydrogen) atoms. The summed E-state index contributed by atoms with van der Waals surface area (Å²) >= 11 is 6.02. The smallest absolute Gasteiger partial charge is 0.255 e. The first kappa shape index (κ1) is 29.5. The van der Waals surface area contributed by atoms with Gasteiger partial charge in [-0.15, -0.1) is 0 Å². The molecule has 4 atom stereocenters. The van der Waals surface area contributed by atoms with Gasteiger partial charge in [0, 0.05) is 30.5 Å². The van der Waals surface area contributed by atoms with Crippen LogP contribution in [0, 0.1) is 5.82 Å². The number of nitrogens with zero attached hydrogens (tertiary/aromatic N) is 3. The molecule has 0 bridgehead atoms. The van der Waals surface area contributed by atoms with Gasteiger partial charge in [-0.05, 0) is 37.2 Å². The number of rotatable bonds is 11. The number of benzene rings is 1. The molecule has 6 N–H and O–H groups in total. The van der Waals surface area contributed by atoms with E-state index in [0.29, 0.717) is 30.2 Å². The van der Waals surface area contributed by atoms with E-state index in [4.69, 9.17) is 21.1 Å². The van der Waals surface area contributed by atoms with Gasteiger partial charge in [-0.25, -0.2) is 14.4 Å². The Morgan fingerprint density at radius 1 is 1.18 bits per heavy atom. The van der Waals surface area contributed by atoms with Gasteiger partial charge in [-0.2, -0.15) is 0 Å². The summed E-state index contributed by atoms with van der Waals surface area (Å²) in [4.78, 5) is 25.5. The number of ether oxygens (including phenoxy) is 2. The molecule has 0 unspecified atom stereocenters. The number of hydrogen-bond acceptors (Lipinski definition) is 11. The van der Waals surface area contributed by atoms with Crippen LogP contribution in [-0.4, -0.2) is 93.9 Å². The highest BCUT2D eigenvalue weighted by Crippen LogP contribution is 2.30. The molecule has 1 saturated heterocycles. The molecule has 3 heterocycles. The van der Waals surface area contributed by atoms with Gasteiger partial charge in [0.05, 0.1) is 42.8 Å². The van der Waals surface area contributed by atoms with Crippen LogP contribution in [0.4, 0.5) is 15.9 Å². The molecule has 3 aromatic rings. The second-order valence-electron chi connectivity index (χ2n) is 9.00. The number of hydrogen-bond donors (Lipinski definition) is 6. The lowest BCUT2D eigenvalue weighted by Gasteiger charge is -2.35. The van der Waals surface area contributed by atoms with Crippen molar-refractivity contribution in [3.63, 3.8) is 0 Å². The Hall–Kier alpha value is -3.46. The van der Waals surface area contributed by atoms with Gasteiger partial charge in [0.15, 0.2) is 17.4 Å². The normalized spacial score (nSPS) is 20.6. The highest BCUT2D eigenvalue weighted by atomic mass is 35.5. The molecule has 4 rings (SSSR count). The number of amides is 1. The van der Waals surface area contributed by atoms with E-state index in [0.717, 1.165) is 0 Å². The van der Waals surface area contributed by atoms with Gasteiger partial charge in [-0.3, -0.25) is 9.78 Å². The number of carbonyl (C=O) groups is 1. The minimum absolute atomic E-state index is 0.0415. The summed E-state index contributed by atoms with van der Waals surface area (Å²) in [7, 11) is 1.43. The summed E-state index contributed by atoms with van der Waals surface area (Å²) in [5, 5.41) is 38.6. The average molecular weight is 577 g/mol. The van der Waals surface area contributed by atoms with E-state index in [1.807, 2.05) is 0 Å². The lowest BCUT2D eigenvalue weighted by molar-refractivity contribution is -0.187. The third-order valence-corrected chi connectivity index (χ3v) is 6.50. The topological polar surface area (TPSA) is 171 Å². The van der Waals surface area contributed by atoms with Crippen molar-refractivity contribution < 1.29 is 34.0 Å². The summed E-state index contributed by atoms with van der Waals surface area (Å²) in [6, 6.07) is 5.66. The number of halogens is 2. The largest absolute Gasteiger partial charge is 0.491 e. The van der Waals surface area contributed by atoms with Gasteiger partial charge >= 0.3 is 0 Å². The first-order valence-electron chi connectivity index (χ1n) is 12.5. The number of methoxy groups -OCH3 is 1. The second-order valence-corrected chi connectivity index (χ2v) is 9.43. The van der Waals surface area contributed by atoms with Crippen molar-refractivity contribution in [3.05, 3.63) is 59.3 Å². The van der Waals surface area contributed by atoms with E-state index in [-0.39, 0.29) is 41.7 Å². The molecule has 214 valence electrons. The summed E-state index contributed by atoms with van der Waals surface area (Å²) < 4.78 is 25.1. The van der Waals surface area contributed by atoms with Crippen molar-refractivity contribution in [2.45, 2.75) is 30.8 Å². The fourth-order valence-corrected chi connectivity index (χ4v) is 4.24. The molecule has 0 radical (unpaired) electrons. The second kappa shape index (κ2) is 13.7. The number of carbonyl (C=O) groups excluding carboxylic acids is 1. The molecule has 1 fully saturated rings. The number of anilines is 2. The minimum Gasteiger partial charge on any atom is -0.491 e. The predicted molar refractivity (Wildman–Crippen MR) is 144 cm³/mol. The van der Waals surface area contributed by atoms with Crippen LogP contribution in [0.25, 0.3) is 11.4 Å². The average Bonchev–Trinajstić information content (AvgIpc) is 2.96. The fourth-order valence-electron chi connectivity index (χ4n) is 4.07. The van der Waals surface area contributed by atoms with Crippen LogP contribution in [0.1, 0.15) is 16.8 Å². The molecule has 14 heteroatoms. The van der Waals surface area contributed by atoms with Crippen molar-refractivity contribution >= 4 is 29.0 Å². The number of aliphatic hydroxyl groups excluding tert-OH is 3. The molecular formula is C26H30ClFN6O6. The Bertz CT molecular complexity index is 1320. The van der Waals surface area contributed by atoms with E-state index < -0.39 is 36.1 Å². The molecule has 12 nitrogen and oxygen atoms in total. The minimum atomic E-state index is -1.24. The molecule has 0 aliphatic carbocycles. The Labute approximate surface area is 234 Å². The zero-order valence-corrected chi connectivity index (χ0v) is 22.3. The van der Waals surface area contributed by atoms with Crippen LogP contribution < -0.4 is 20.7 Å². The van der Waals surface area contributed by atoms with E-state index in [1.54, 1.807) is 6.07 Å². The van der Waals surface area contributed by atoms with Crippen molar-refractivity contribution in [3.8, 4) is 17.1 Å². The fraction of sp³-hybridized carbons (Fsp3) is 0.385. The maximum absolute atomic E-state index is 14.4. The van der Waals surface area contributed by atoms with Gasteiger partial charge in [-0.1, -0.05) is 11.6 Å². The summed E-state index contributed by atoms with van der Waals surface area (Å²) in [6.45, 7) is 1.14. The number of aliphatic hydroxyl groups is 3. The van der Waals surface area contributed by atoms with Crippen LogP contribution in [0.2, 0.25) is 5.02 Å². The Morgan fingerprint density at radius 3 is 2.80 bits per heavy atom. The Morgan fingerprint density at radius 2 is 2.00 bits per heavy atom. The highest BCUT2D eigenvalue weighted by molar-refractivity contribution is 6.30. The molecule has 1 amide bonds. The van der Waals surface area contributed by atoms with Crippen LogP contribution >= 0.6 is 11.6 Å². The van der Waals surface area contributed by atoms with Crippen molar-refractivity contribution in [2.24, 2.45) is 0 Å². The Balaban J connectivity index is 1.35. The SMILES string of the molecule is COc1cnc(-c2cc(Cl)ccc2F)nc1Nc1ccncc1C(=O)NCCNCC[C@@H]1OC[C@@H](O)[C@H](O)[C@H]1O. The highest BCUT2D eigenvalue weighted by Gasteiger charge is 2.36. The van der Waals surface area contributed by atoms with E-state index in [2.05, 4.69) is 30.9 Å². The molecule has 0 spiro atoms. The lowest BCUT2D eigenvalue weighted by Crippen LogP contribution is -2.53. The van der Waals surface area contributed by atoms with Crippen LogP contribution in [0.3, 0.4) is 0 Å². The standard InChI is InChI=1S/C26H30ClFN6O6/c1-39-21-12-32-24(15-10-14(27)2-3-17(15)28)34-25(21)33-18-4-6-30-11-16(18)26(38)31-9-8-29-7-5-20-23(37)22(36)19(35)13-40-20/h2-4,6,10-12,19-20,22-23,29,35-37H,5,7-9,13H2,1H3,(H,31,38)(H,30,32,33,34)/t19-,20+,22+,23+/m1/s1. The molecule has 1 aliphatic rings. The van der Waals surface area contributed by atoms with E-state index in [1.165, 1.54) is 43.9 Å². The third kappa shape index (κ3) is 7.18. The maximum atomic E-state index is 14.4. The number of nitrogens with one attached hydrogen (secondary N) is 3.